The van der Waals surface area contributed by atoms with Gasteiger partial charge in [-0.25, -0.2) is 0 Å². The van der Waals surface area contributed by atoms with Crippen molar-refractivity contribution >= 4 is 0 Å². The lowest BCUT2D eigenvalue weighted by atomic mass is 9.84. The largest absolute Gasteiger partial charge is 0.508 e. The molecule has 1 radical (unpaired) electrons. The molecule has 0 bridgehead atoms. The summed E-state index contributed by atoms with van der Waals surface area (Å²) in [5, 5.41) is 9.42. The Morgan fingerprint density at radius 2 is 1.85 bits per heavy atom. The molecule has 0 amide bonds. The highest BCUT2D eigenvalue weighted by Crippen LogP contribution is 2.33. The molecule has 2 aromatic rings. The summed E-state index contributed by atoms with van der Waals surface area (Å²) in [5.41, 5.74) is 1.30. The monoisotopic (exact) mass is 267 g/mol. The first kappa shape index (κ1) is 13.0. The molecule has 1 N–H and O–H groups in total. The minimum absolute atomic E-state index is 0.213. The van der Waals surface area contributed by atoms with Crippen LogP contribution in [0.2, 0.25) is 0 Å². The van der Waals surface area contributed by atoms with Crippen LogP contribution >= 0.6 is 0 Å². The van der Waals surface area contributed by atoms with Crippen molar-refractivity contribution in [3.63, 3.8) is 0 Å². The van der Waals surface area contributed by atoms with Gasteiger partial charge in [0.05, 0.1) is 0 Å². The van der Waals surface area contributed by atoms with Crippen molar-refractivity contribution in [3.05, 3.63) is 54.1 Å². The quantitative estimate of drug-likeness (QED) is 0.844. The fraction of sp³-hybridized carbons (Fsp3) is 0.333. The van der Waals surface area contributed by atoms with Gasteiger partial charge in [0.1, 0.15) is 17.2 Å². The summed E-state index contributed by atoms with van der Waals surface area (Å²) < 4.78 is 5.71. The molecule has 1 aliphatic carbocycles. The van der Waals surface area contributed by atoms with E-state index >= 15 is 0 Å². The average molecular weight is 267 g/mol. The topological polar surface area (TPSA) is 29.5 Å². The summed E-state index contributed by atoms with van der Waals surface area (Å²) in [6, 6.07) is 16.2. The Morgan fingerprint density at radius 1 is 1.00 bits per heavy atom. The number of phenolic OH excluding ortho intramolecular Hbond substituents is 1. The molecule has 1 saturated carbocycles. The van der Waals surface area contributed by atoms with E-state index in [1.54, 1.807) is 18.2 Å². The van der Waals surface area contributed by atoms with Crippen LogP contribution < -0.4 is 4.74 Å². The molecule has 0 unspecified atom stereocenters. The predicted molar refractivity (Wildman–Crippen MR) is 79.3 cm³/mol. The van der Waals surface area contributed by atoms with Gasteiger partial charge in [-0.2, -0.15) is 0 Å². The van der Waals surface area contributed by atoms with Crippen LogP contribution in [-0.4, -0.2) is 5.11 Å². The molecule has 2 heteroatoms. The number of hydrogen-bond acceptors (Lipinski definition) is 2. The number of rotatable bonds is 3. The molecular formula is C18H19O2. The first-order valence-electron chi connectivity index (χ1n) is 7.30. The molecule has 0 heterocycles. The standard InChI is InChI=1S/C18H19O2/c19-16-7-4-8-18(13-16)20-17-11-9-15(10-12-17)14-5-2-1-3-6-14/h4,7-9,11-14,19H,1-3,5-6H2. The highest BCUT2D eigenvalue weighted by atomic mass is 16.5. The lowest BCUT2D eigenvalue weighted by molar-refractivity contribution is 0.441. The Kier molecular flexibility index (Phi) is 3.91. The zero-order valence-corrected chi connectivity index (χ0v) is 11.5. The summed E-state index contributed by atoms with van der Waals surface area (Å²) in [4.78, 5) is 0. The van der Waals surface area contributed by atoms with Gasteiger partial charge in [-0.15, -0.1) is 0 Å². The van der Waals surface area contributed by atoms with Crippen LogP contribution in [0.1, 0.15) is 43.6 Å². The molecule has 1 fully saturated rings. The summed E-state index contributed by atoms with van der Waals surface area (Å²) in [6.07, 6.45) is 6.60. The highest BCUT2D eigenvalue weighted by Gasteiger charge is 2.15. The molecular weight excluding hydrogens is 248 g/mol. The third kappa shape index (κ3) is 3.13. The number of ether oxygens (including phenoxy) is 1. The summed E-state index contributed by atoms with van der Waals surface area (Å²) >= 11 is 0. The zero-order chi connectivity index (χ0) is 13.8. The Labute approximate surface area is 120 Å². The molecule has 0 atom stereocenters. The third-order valence-corrected chi connectivity index (χ3v) is 3.91. The van der Waals surface area contributed by atoms with Gasteiger partial charge in [-0.05, 0) is 54.7 Å². The maximum Gasteiger partial charge on any atom is 0.131 e. The van der Waals surface area contributed by atoms with Crippen molar-refractivity contribution in [1.82, 2.24) is 0 Å². The summed E-state index contributed by atoms with van der Waals surface area (Å²) in [5.74, 6) is 2.28. The SMILES string of the molecule is Oc1cccc(Oc2c[c]c(C3CCCCC3)cc2)c1. The van der Waals surface area contributed by atoms with Crippen LogP contribution in [0.25, 0.3) is 0 Å². The van der Waals surface area contributed by atoms with E-state index in [2.05, 4.69) is 12.1 Å². The smallest absolute Gasteiger partial charge is 0.131 e. The van der Waals surface area contributed by atoms with E-state index in [0.717, 1.165) is 5.75 Å². The second kappa shape index (κ2) is 6.00. The Balaban J connectivity index is 1.69. The van der Waals surface area contributed by atoms with Gasteiger partial charge in [0, 0.05) is 6.07 Å². The van der Waals surface area contributed by atoms with Gasteiger partial charge in [-0.3, -0.25) is 0 Å². The van der Waals surface area contributed by atoms with Crippen molar-refractivity contribution in [2.24, 2.45) is 0 Å². The van der Waals surface area contributed by atoms with Gasteiger partial charge >= 0.3 is 0 Å². The minimum atomic E-state index is 0.213. The van der Waals surface area contributed by atoms with E-state index in [0.29, 0.717) is 11.7 Å². The third-order valence-electron chi connectivity index (χ3n) is 3.91. The van der Waals surface area contributed by atoms with Crippen molar-refractivity contribution < 1.29 is 9.84 Å². The zero-order valence-electron chi connectivity index (χ0n) is 11.5. The number of aromatic hydroxyl groups is 1. The van der Waals surface area contributed by atoms with Crippen LogP contribution in [0.15, 0.2) is 42.5 Å². The maximum absolute atomic E-state index is 9.42. The van der Waals surface area contributed by atoms with Gasteiger partial charge in [-0.1, -0.05) is 31.4 Å². The van der Waals surface area contributed by atoms with Crippen molar-refractivity contribution in [2.45, 2.75) is 38.0 Å². The molecule has 0 spiro atoms. The van der Waals surface area contributed by atoms with Crippen LogP contribution in [0.5, 0.6) is 17.2 Å². The fourth-order valence-electron chi connectivity index (χ4n) is 2.84. The van der Waals surface area contributed by atoms with Gasteiger partial charge in [0.25, 0.3) is 0 Å². The van der Waals surface area contributed by atoms with E-state index in [1.165, 1.54) is 37.7 Å². The summed E-state index contributed by atoms with van der Waals surface area (Å²) in [6.45, 7) is 0. The molecule has 0 aromatic heterocycles. The second-order valence-electron chi connectivity index (χ2n) is 5.41. The average Bonchev–Trinajstić information content (AvgIpc) is 2.49. The molecule has 2 nitrogen and oxygen atoms in total. The molecule has 3 rings (SSSR count). The van der Waals surface area contributed by atoms with E-state index < -0.39 is 0 Å². The fourth-order valence-corrected chi connectivity index (χ4v) is 2.84. The van der Waals surface area contributed by atoms with Gasteiger partial charge < -0.3 is 9.84 Å². The Hall–Kier alpha value is -1.96. The molecule has 103 valence electrons. The van der Waals surface area contributed by atoms with Gasteiger partial charge in [0.2, 0.25) is 0 Å². The first-order chi connectivity index (χ1) is 9.81. The lowest BCUT2D eigenvalue weighted by Crippen LogP contribution is -2.04. The number of hydrogen-bond donors (Lipinski definition) is 1. The molecule has 0 aliphatic heterocycles. The van der Waals surface area contributed by atoms with E-state index in [1.807, 2.05) is 18.2 Å². The first-order valence-corrected chi connectivity index (χ1v) is 7.30. The van der Waals surface area contributed by atoms with Crippen LogP contribution in [0.4, 0.5) is 0 Å². The Bertz CT molecular complexity index is 554. The van der Waals surface area contributed by atoms with E-state index in [4.69, 9.17) is 4.74 Å². The van der Waals surface area contributed by atoms with Crippen molar-refractivity contribution in [3.8, 4) is 17.2 Å². The number of benzene rings is 2. The van der Waals surface area contributed by atoms with E-state index in [9.17, 15) is 5.11 Å². The van der Waals surface area contributed by atoms with Crippen LogP contribution in [0, 0.1) is 6.07 Å². The van der Waals surface area contributed by atoms with Crippen molar-refractivity contribution in [2.75, 3.05) is 0 Å². The maximum atomic E-state index is 9.42. The predicted octanol–water partition coefficient (Wildman–Crippen LogP) is 5.03. The van der Waals surface area contributed by atoms with Gasteiger partial charge in [0.15, 0.2) is 0 Å². The minimum Gasteiger partial charge on any atom is -0.508 e. The van der Waals surface area contributed by atoms with Crippen molar-refractivity contribution in [1.29, 1.82) is 0 Å². The normalized spacial score (nSPS) is 16.0. The van der Waals surface area contributed by atoms with Crippen LogP contribution in [-0.2, 0) is 0 Å². The Morgan fingerprint density at radius 3 is 2.55 bits per heavy atom. The molecule has 2 aromatic carbocycles. The highest BCUT2D eigenvalue weighted by molar-refractivity contribution is 5.37. The second-order valence-corrected chi connectivity index (χ2v) is 5.41. The van der Waals surface area contributed by atoms with Crippen LogP contribution in [0.3, 0.4) is 0 Å². The molecule has 20 heavy (non-hydrogen) atoms. The lowest BCUT2D eigenvalue weighted by Gasteiger charge is -2.21. The summed E-state index contributed by atoms with van der Waals surface area (Å²) in [7, 11) is 0. The number of phenols is 1. The molecule has 1 aliphatic rings. The van der Waals surface area contributed by atoms with E-state index in [-0.39, 0.29) is 5.75 Å². The molecule has 0 saturated heterocycles.